The summed E-state index contributed by atoms with van der Waals surface area (Å²) >= 11 is 0. The Bertz CT molecular complexity index is 1090. The summed E-state index contributed by atoms with van der Waals surface area (Å²) in [5.74, 6) is 0.148. The van der Waals surface area contributed by atoms with Crippen molar-refractivity contribution >= 4 is 24.6 Å². The summed E-state index contributed by atoms with van der Waals surface area (Å²) in [6.45, 7) is 12.9. The molecule has 3 rings (SSSR count). The molecule has 5 nitrogen and oxygen atoms in total. The minimum atomic E-state index is -3.96. The van der Waals surface area contributed by atoms with Crippen molar-refractivity contribution in [3.63, 3.8) is 0 Å². The van der Waals surface area contributed by atoms with E-state index in [2.05, 4.69) is 33.9 Å². The summed E-state index contributed by atoms with van der Waals surface area (Å²) in [6.07, 6.45) is 5.58. The molecule has 0 unspecified atom stereocenters. The molecule has 36 heavy (non-hydrogen) atoms. The number of nitrogens with zero attached hydrogens (tertiary/aromatic N) is 1. The highest BCUT2D eigenvalue weighted by Crippen LogP contribution is 2.41. The van der Waals surface area contributed by atoms with Gasteiger partial charge in [0.2, 0.25) is 10.0 Å². The van der Waals surface area contributed by atoms with Crippen LogP contribution in [0.25, 0.3) is 0 Å². The van der Waals surface area contributed by atoms with Crippen molar-refractivity contribution in [3.8, 4) is 0 Å². The van der Waals surface area contributed by atoms with Crippen LogP contribution in [-0.4, -0.2) is 39.5 Å². The number of aryl methyl sites for hydroxylation is 1. The molecule has 0 amide bonds. The monoisotopic (exact) mass is 529 g/mol. The summed E-state index contributed by atoms with van der Waals surface area (Å²) in [5.41, 5.74) is 1.83. The van der Waals surface area contributed by atoms with Gasteiger partial charge in [0, 0.05) is 6.54 Å². The zero-order valence-corrected chi connectivity index (χ0v) is 24.6. The molecule has 7 heteroatoms. The number of carbonyl (C=O) groups excluding carboxylic acids is 1. The molecule has 0 bridgehead atoms. The first-order chi connectivity index (χ1) is 16.9. The molecule has 0 radical (unpaired) electrons. The topological polar surface area (TPSA) is 63.7 Å². The molecule has 0 heterocycles. The smallest absolute Gasteiger partial charge is 0.244 e. The Morgan fingerprint density at radius 3 is 2.11 bits per heavy atom. The van der Waals surface area contributed by atoms with Gasteiger partial charge in [0.25, 0.3) is 0 Å². The first kappa shape index (κ1) is 28.8. The fraction of sp³-hybridized carbons (Fsp3) is 0.552. The number of hydrogen-bond acceptors (Lipinski definition) is 4. The Morgan fingerprint density at radius 2 is 1.58 bits per heavy atom. The van der Waals surface area contributed by atoms with Gasteiger partial charge in [-0.15, -0.1) is 0 Å². The van der Waals surface area contributed by atoms with Crippen LogP contribution in [0.2, 0.25) is 18.1 Å². The van der Waals surface area contributed by atoms with Crippen molar-refractivity contribution in [2.75, 3.05) is 0 Å². The van der Waals surface area contributed by atoms with Crippen LogP contribution in [0.3, 0.4) is 0 Å². The molecule has 0 saturated heterocycles. The molecule has 198 valence electrons. The lowest BCUT2D eigenvalue weighted by Gasteiger charge is -2.45. The lowest BCUT2D eigenvalue weighted by molar-refractivity contribution is -0.115. The number of carbonyl (C=O) groups is 1. The van der Waals surface area contributed by atoms with E-state index in [4.69, 9.17) is 4.43 Å². The maximum absolute atomic E-state index is 14.1. The highest BCUT2D eigenvalue weighted by Gasteiger charge is 2.46. The van der Waals surface area contributed by atoms with Crippen molar-refractivity contribution in [2.24, 2.45) is 5.92 Å². The van der Waals surface area contributed by atoms with Crippen LogP contribution in [-0.2, 0) is 25.8 Å². The Hall–Kier alpha value is -1.80. The maximum Gasteiger partial charge on any atom is 0.244 e. The number of sulfonamides is 1. The van der Waals surface area contributed by atoms with Crippen LogP contribution in [0, 0.1) is 12.8 Å². The lowest BCUT2D eigenvalue weighted by Crippen LogP contribution is -2.56. The Kier molecular flexibility index (Phi) is 9.36. The van der Waals surface area contributed by atoms with Crippen LogP contribution in [0.4, 0.5) is 0 Å². The van der Waals surface area contributed by atoms with E-state index in [1.54, 1.807) is 24.3 Å². The minimum absolute atomic E-state index is 0.0621. The molecule has 2 atom stereocenters. The Balaban J connectivity index is 2.12. The second-order valence-corrected chi connectivity index (χ2v) is 18.4. The summed E-state index contributed by atoms with van der Waals surface area (Å²) in [5, 5.41) is -0.0621. The van der Waals surface area contributed by atoms with Gasteiger partial charge in [-0.05, 0) is 61.5 Å². The van der Waals surface area contributed by atoms with E-state index in [0.717, 1.165) is 43.1 Å². The van der Waals surface area contributed by atoms with Gasteiger partial charge in [-0.2, -0.15) is 4.31 Å². The molecule has 1 aliphatic rings. The van der Waals surface area contributed by atoms with E-state index in [1.165, 1.54) is 10.7 Å². The van der Waals surface area contributed by atoms with Crippen molar-refractivity contribution in [2.45, 2.75) is 102 Å². The predicted molar refractivity (Wildman–Crippen MR) is 149 cm³/mol. The largest absolute Gasteiger partial charge is 0.412 e. The Morgan fingerprint density at radius 1 is 1.00 bits per heavy atom. The number of hydrogen-bond donors (Lipinski definition) is 0. The average molecular weight is 530 g/mol. The second kappa shape index (κ2) is 11.7. The first-order valence-corrected chi connectivity index (χ1v) is 17.5. The van der Waals surface area contributed by atoms with E-state index >= 15 is 0 Å². The molecule has 1 saturated carbocycles. The van der Waals surface area contributed by atoms with Crippen molar-refractivity contribution in [1.29, 1.82) is 0 Å². The van der Waals surface area contributed by atoms with E-state index in [1.807, 2.05) is 37.3 Å². The standard InChI is InChI=1S/C29H43NO4SSi/c1-23-17-19-26(20-18-23)35(32,33)30(21-24-13-9-7-10-14-24)27(22-31)28(25-15-11-8-12-16-25)34-36(5,6)29(2,3)4/h7,9-10,13-14,17-20,22,25,27-28H,8,11-12,15-16,21H2,1-6H3/t27-,28+/m1/s1. The number of rotatable bonds is 10. The molecular weight excluding hydrogens is 486 g/mol. The van der Waals surface area contributed by atoms with Crippen molar-refractivity contribution in [1.82, 2.24) is 4.31 Å². The third-order valence-electron chi connectivity index (χ3n) is 7.97. The summed E-state index contributed by atoms with van der Waals surface area (Å²) < 4.78 is 36.6. The average Bonchev–Trinajstić information content (AvgIpc) is 2.84. The van der Waals surface area contributed by atoms with E-state index in [0.29, 0.717) is 0 Å². The second-order valence-electron chi connectivity index (χ2n) is 11.7. The van der Waals surface area contributed by atoms with Crippen molar-refractivity contribution < 1.29 is 17.6 Å². The van der Waals surface area contributed by atoms with Gasteiger partial charge >= 0.3 is 0 Å². The number of benzene rings is 2. The zero-order chi connectivity index (χ0) is 26.6. The predicted octanol–water partition coefficient (Wildman–Crippen LogP) is 6.72. The number of aldehydes is 1. The Labute approximate surface area is 219 Å². The molecule has 0 spiro atoms. The van der Waals surface area contributed by atoms with Gasteiger partial charge in [0.05, 0.1) is 11.0 Å². The van der Waals surface area contributed by atoms with Gasteiger partial charge in [-0.25, -0.2) is 8.42 Å². The van der Waals surface area contributed by atoms with Crippen molar-refractivity contribution in [3.05, 3.63) is 65.7 Å². The van der Waals surface area contributed by atoms with E-state index in [9.17, 15) is 13.2 Å². The highest BCUT2D eigenvalue weighted by molar-refractivity contribution is 7.89. The normalized spacial score (nSPS) is 17.6. The van der Waals surface area contributed by atoms with Gasteiger partial charge in [-0.1, -0.05) is 88.1 Å². The van der Waals surface area contributed by atoms with Gasteiger partial charge in [0.15, 0.2) is 8.32 Å². The third-order valence-corrected chi connectivity index (χ3v) is 14.3. The SMILES string of the molecule is Cc1ccc(S(=O)(=O)N(Cc2ccccc2)[C@H](C=O)[C@@H](O[Si](C)(C)C(C)(C)C)C2CCCCC2)cc1. The molecular formula is C29H43NO4SSi. The van der Waals surface area contributed by atoms with Crippen LogP contribution >= 0.6 is 0 Å². The van der Waals surface area contributed by atoms with Crippen LogP contribution < -0.4 is 0 Å². The summed E-state index contributed by atoms with van der Waals surface area (Å²) in [6, 6.07) is 15.5. The highest BCUT2D eigenvalue weighted by atomic mass is 32.2. The molecule has 1 fully saturated rings. The van der Waals surface area contributed by atoms with Gasteiger partial charge < -0.3 is 9.22 Å². The van der Waals surface area contributed by atoms with Crippen LogP contribution in [0.5, 0.6) is 0 Å². The summed E-state index contributed by atoms with van der Waals surface area (Å²) in [4.78, 5) is 13.1. The van der Waals surface area contributed by atoms with Crippen LogP contribution in [0.1, 0.15) is 64.0 Å². The summed E-state index contributed by atoms with van der Waals surface area (Å²) in [7, 11) is -6.26. The van der Waals surface area contributed by atoms with E-state index < -0.39 is 30.5 Å². The van der Waals surface area contributed by atoms with Gasteiger partial charge in [0.1, 0.15) is 12.3 Å². The first-order valence-electron chi connectivity index (χ1n) is 13.1. The molecule has 0 aliphatic heterocycles. The third kappa shape index (κ3) is 6.74. The fourth-order valence-corrected chi connectivity index (χ4v) is 7.62. The molecule has 2 aromatic carbocycles. The molecule has 1 aliphatic carbocycles. The zero-order valence-electron chi connectivity index (χ0n) is 22.7. The van der Waals surface area contributed by atoms with Crippen LogP contribution in [0.15, 0.2) is 59.5 Å². The van der Waals surface area contributed by atoms with E-state index in [-0.39, 0.29) is 22.4 Å². The molecule has 0 N–H and O–H groups in total. The minimum Gasteiger partial charge on any atom is -0.412 e. The maximum atomic E-state index is 14.1. The quantitative estimate of drug-likeness (QED) is 0.253. The fourth-order valence-electron chi connectivity index (χ4n) is 4.69. The van der Waals surface area contributed by atoms with Gasteiger partial charge in [-0.3, -0.25) is 0 Å². The molecule has 2 aromatic rings. The lowest BCUT2D eigenvalue weighted by atomic mass is 9.83. The molecule has 0 aromatic heterocycles.